The molecule has 19 heavy (non-hydrogen) atoms. The van der Waals surface area contributed by atoms with E-state index in [1.54, 1.807) is 32.0 Å². The lowest BCUT2D eigenvalue weighted by molar-refractivity contribution is -0.140. The topological polar surface area (TPSA) is 92.6 Å². The highest BCUT2D eigenvalue weighted by Crippen LogP contribution is 2.25. The van der Waals surface area contributed by atoms with Gasteiger partial charge in [-0.3, -0.25) is 4.79 Å². The van der Waals surface area contributed by atoms with Crippen LogP contribution in [0.25, 0.3) is 11.1 Å². The first kappa shape index (κ1) is 13.5. The van der Waals surface area contributed by atoms with Crippen molar-refractivity contribution < 1.29 is 14.3 Å². The van der Waals surface area contributed by atoms with E-state index < -0.39 is 18.1 Å². The number of hydrogen-bond acceptors (Lipinski definition) is 5. The number of likely N-dealkylation sites (N-methyl/N-ethyl adjacent to an activating group) is 1. The molecule has 6 nitrogen and oxygen atoms in total. The van der Waals surface area contributed by atoms with Crippen LogP contribution in [0.3, 0.4) is 0 Å². The van der Waals surface area contributed by atoms with E-state index in [2.05, 4.69) is 4.98 Å². The van der Waals surface area contributed by atoms with Crippen molar-refractivity contribution in [1.29, 1.82) is 0 Å². The highest BCUT2D eigenvalue weighted by molar-refractivity contribution is 5.76. The van der Waals surface area contributed by atoms with Gasteiger partial charge >= 0.3 is 5.97 Å². The number of aryl methyl sites for hydroxylation is 1. The Hall–Kier alpha value is -1.92. The molecule has 0 bridgehead atoms. The summed E-state index contributed by atoms with van der Waals surface area (Å²) in [4.78, 5) is 17.1. The molecule has 0 saturated carbocycles. The van der Waals surface area contributed by atoms with Gasteiger partial charge < -0.3 is 20.2 Å². The molecule has 3 N–H and O–H groups in total. The minimum atomic E-state index is -1.03. The molecule has 0 aliphatic rings. The summed E-state index contributed by atoms with van der Waals surface area (Å²) in [6.07, 6.45) is 0. The number of aliphatic carboxylic acids is 1. The van der Waals surface area contributed by atoms with Gasteiger partial charge in [0, 0.05) is 6.92 Å². The normalized spacial score (nSPS) is 14.8. The second-order valence-electron chi connectivity index (χ2n) is 4.73. The van der Waals surface area contributed by atoms with Crippen molar-refractivity contribution in [3.8, 4) is 0 Å². The lowest BCUT2D eigenvalue weighted by Crippen LogP contribution is -2.43. The molecule has 0 spiro atoms. The molecule has 102 valence electrons. The number of benzene rings is 1. The van der Waals surface area contributed by atoms with Crippen molar-refractivity contribution in [3.63, 3.8) is 0 Å². The van der Waals surface area contributed by atoms with Gasteiger partial charge in [0.15, 0.2) is 11.5 Å². The zero-order chi connectivity index (χ0) is 14.2. The van der Waals surface area contributed by atoms with E-state index in [9.17, 15) is 4.79 Å². The van der Waals surface area contributed by atoms with Gasteiger partial charge in [0.2, 0.25) is 0 Å². The standard InChI is InChI=1S/C13H17N3O3/c1-7-15-9-6-8(4-5-10(9)19-7)12(16(2)3)11(14)13(17)18/h4-6,11-12H,14H2,1-3H3,(H,17,18). The largest absolute Gasteiger partial charge is 0.480 e. The zero-order valence-electron chi connectivity index (χ0n) is 11.1. The first-order chi connectivity index (χ1) is 8.90. The van der Waals surface area contributed by atoms with Gasteiger partial charge in [-0.05, 0) is 31.8 Å². The van der Waals surface area contributed by atoms with Gasteiger partial charge in [0.1, 0.15) is 11.6 Å². The predicted molar refractivity (Wildman–Crippen MR) is 70.8 cm³/mol. The van der Waals surface area contributed by atoms with E-state index in [4.69, 9.17) is 15.3 Å². The van der Waals surface area contributed by atoms with E-state index in [0.29, 0.717) is 17.0 Å². The van der Waals surface area contributed by atoms with Crippen LogP contribution in [-0.4, -0.2) is 41.1 Å². The van der Waals surface area contributed by atoms with Crippen LogP contribution < -0.4 is 5.73 Å². The van der Waals surface area contributed by atoms with Crippen LogP contribution >= 0.6 is 0 Å². The van der Waals surface area contributed by atoms with Crippen molar-refractivity contribution in [3.05, 3.63) is 29.7 Å². The summed E-state index contributed by atoms with van der Waals surface area (Å²) in [6.45, 7) is 1.77. The lowest BCUT2D eigenvalue weighted by atomic mass is 9.98. The number of hydrogen-bond donors (Lipinski definition) is 2. The summed E-state index contributed by atoms with van der Waals surface area (Å²) in [5.41, 5.74) is 7.95. The molecule has 0 fully saturated rings. The Bertz CT molecular complexity index is 606. The first-order valence-corrected chi connectivity index (χ1v) is 5.92. The lowest BCUT2D eigenvalue weighted by Gasteiger charge is -2.27. The van der Waals surface area contributed by atoms with E-state index in [-0.39, 0.29) is 0 Å². The zero-order valence-corrected chi connectivity index (χ0v) is 11.1. The van der Waals surface area contributed by atoms with Crippen LogP contribution in [0.1, 0.15) is 17.5 Å². The van der Waals surface area contributed by atoms with E-state index in [0.717, 1.165) is 5.56 Å². The van der Waals surface area contributed by atoms with Crippen LogP contribution in [0, 0.1) is 6.92 Å². The average Bonchev–Trinajstić information content (AvgIpc) is 2.67. The number of oxazole rings is 1. The first-order valence-electron chi connectivity index (χ1n) is 5.92. The molecule has 6 heteroatoms. The fourth-order valence-electron chi connectivity index (χ4n) is 2.21. The summed E-state index contributed by atoms with van der Waals surface area (Å²) in [5.74, 6) is -0.453. The molecule has 2 atom stereocenters. The van der Waals surface area contributed by atoms with Crippen LogP contribution in [0.5, 0.6) is 0 Å². The molecule has 0 aliphatic carbocycles. The van der Waals surface area contributed by atoms with Crippen molar-refractivity contribution in [2.75, 3.05) is 14.1 Å². The number of carbonyl (C=O) groups is 1. The number of nitrogens with zero attached hydrogens (tertiary/aromatic N) is 2. The Kier molecular flexibility index (Phi) is 3.55. The Morgan fingerprint density at radius 3 is 2.74 bits per heavy atom. The minimum Gasteiger partial charge on any atom is -0.480 e. The quantitative estimate of drug-likeness (QED) is 0.859. The molecule has 1 aromatic heterocycles. The fourth-order valence-corrected chi connectivity index (χ4v) is 2.21. The highest BCUT2D eigenvalue weighted by atomic mass is 16.4. The second-order valence-corrected chi connectivity index (χ2v) is 4.73. The molecule has 2 aromatic rings. The van der Waals surface area contributed by atoms with Crippen LogP contribution in [0.15, 0.2) is 22.6 Å². The molecule has 1 aromatic carbocycles. The van der Waals surface area contributed by atoms with Crippen LogP contribution in [-0.2, 0) is 4.79 Å². The van der Waals surface area contributed by atoms with Crippen LogP contribution in [0.2, 0.25) is 0 Å². The molecule has 0 aliphatic heterocycles. The van der Waals surface area contributed by atoms with E-state index >= 15 is 0 Å². The average molecular weight is 263 g/mol. The fraction of sp³-hybridized carbons (Fsp3) is 0.385. The summed E-state index contributed by atoms with van der Waals surface area (Å²) in [7, 11) is 3.59. The van der Waals surface area contributed by atoms with Crippen molar-refractivity contribution >= 4 is 17.1 Å². The van der Waals surface area contributed by atoms with Gasteiger partial charge in [-0.2, -0.15) is 0 Å². The number of fused-ring (bicyclic) bond motifs is 1. The second kappa shape index (κ2) is 4.99. The van der Waals surface area contributed by atoms with Crippen molar-refractivity contribution in [1.82, 2.24) is 9.88 Å². The SMILES string of the molecule is Cc1nc2cc(C(C(N)C(=O)O)N(C)C)ccc2o1. The van der Waals surface area contributed by atoms with Gasteiger partial charge in [-0.1, -0.05) is 6.07 Å². The number of carboxylic acid groups (broad SMARTS) is 1. The third-order valence-corrected chi connectivity index (χ3v) is 3.04. The summed E-state index contributed by atoms with van der Waals surface area (Å²) >= 11 is 0. The Morgan fingerprint density at radius 2 is 2.16 bits per heavy atom. The maximum absolute atomic E-state index is 11.1. The molecule has 2 unspecified atom stereocenters. The molecular formula is C13H17N3O3. The number of nitrogens with two attached hydrogens (primary N) is 1. The monoisotopic (exact) mass is 263 g/mol. The molecule has 1 heterocycles. The Balaban J connectivity index is 2.46. The maximum atomic E-state index is 11.1. The third-order valence-electron chi connectivity index (χ3n) is 3.04. The third kappa shape index (κ3) is 2.59. The smallest absolute Gasteiger partial charge is 0.322 e. The molecule has 0 saturated heterocycles. The predicted octanol–water partition coefficient (Wildman–Crippen LogP) is 1.15. The summed E-state index contributed by atoms with van der Waals surface area (Å²) in [5, 5.41) is 9.09. The molecule has 0 radical (unpaired) electrons. The number of rotatable bonds is 4. The minimum absolute atomic E-state index is 0.418. The van der Waals surface area contributed by atoms with Gasteiger partial charge in [-0.15, -0.1) is 0 Å². The maximum Gasteiger partial charge on any atom is 0.322 e. The van der Waals surface area contributed by atoms with E-state index in [1.165, 1.54) is 0 Å². The molecular weight excluding hydrogens is 246 g/mol. The van der Waals surface area contributed by atoms with Gasteiger partial charge in [0.25, 0.3) is 0 Å². The van der Waals surface area contributed by atoms with Crippen molar-refractivity contribution in [2.45, 2.75) is 19.0 Å². The highest BCUT2D eigenvalue weighted by Gasteiger charge is 2.28. The summed E-state index contributed by atoms with van der Waals surface area (Å²) < 4.78 is 5.40. The Labute approximate surface area is 110 Å². The number of aromatic nitrogens is 1. The Morgan fingerprint density at radius 1 is 1.47 bits per heavy atom. The number of carboxylic acids is 1. The van der Waals surface area contributed by atoms with E-state index in [1.807, 2.05) is 12.1 Å². The van der Waals surface area contributed by atoms with Crippen LogP contribution in [0.4, 0.5) is 0 Å². The van der Waals surface area contributed by atoms with Gasteiger partial charge in [-0.25, -0.2) is 4.98 Å². The van der Waals surface area contributed by atoms with Gasteiger partial charge in [0.05, 0.1) is 6.04 Å². The molecule has 2 rings (SSSR count). The molecule has 0 amide bonds. The summed E-state index contributed by atoms with van der Waals surface area (Å²) in [6, 6.07) is 4.01. The van der Waals surface area contributed by atoms with Crippen molar-refractivity contribution in [2.24, 2.45) is 5.73 Å².